The van der Waals surface area contributed by atoms with E-state index in [4.69, 9.17) is 17.2 Å². The van der Waals surface area contributed by atoms with E-state index in [-0.39, 0.29) is 25.8 Å². The molecule has 31 heavy (non-hydrogen) atoms. The Morgan fingerprint density at radius 3 is 2.13 bits per heavy atom. The number of nitrogens with zero attached hydrogens (tertiary/aromatic N) is 1. The van der Waals surface area contributed by atoms with Crippen LogP contribution in [0.2, 0.25) is 0 Å². The fourth-order valence-electron chi connectivity index (χ4n) is 3.06. The van der Waals surface area contributed by atoms with Crippen LogP contribution in [-0.2, 0) is 28.8 Å². The summed E-state index contributed by atoms with van der Waals surface area (Å²) in [5.74, 6) is -5.52. The highest BCUT2D eigenvalue weighted by Crippen LogP contribution is 2.18. The van der Waals surface area contributed by atoms with Gasteiger partial charge in [-0.25, -0.2) is 4.79 Å². The van der Waals surface area contributed by atoms with E-state index in [9.17, 15) is 39.0 Å². The van der Waals surface area contributed by atoms with Gasteiger partial charge in [-0.15, -0.1) is 0 Å². The Balaban J connectivity index is 2.85. The minimum atomic E-state index is -1.51. The predicted octanol–water partition coefficient (Wildman–Crippen LogP) is -4.51. The predicted molar refractivity (Wildman–Crippen MR) is 104 cm³/mol. The first-order valence-corrected chi connectivity index (χ1v) is 9.55. The number of amides is 5. The molecule has 4 atom stereocenters. The highest BCUT2D eigenvalue weighted by molar-refractivity contribution is 5.96. The monoisotopic (exact) mass is 444 g/mol. The molecular weight excluding hydrogens is 416 g/mol. The van der Waals surface area contributed by atoms with E-state index in [2.05, 4.69) is 10.6 Å². The summed E-state index contributed by atoms with van der Waals surface area (Å²) in [6.45, 7) is -0.707. The first-order chi connectivity index (χ1) is 14.5. The lowest BCUT2D eigenvalue weighted by atomic mass is 10.1. The van der Waals surface area contributed by atoms with Crippen molar-refractivity contribution in [3.05, 3.63) is 0 Å². The van der Waals surface area contributed by atoms with Crippen LogP contribution in [-0.4, -0.2) is 87.9 Å². The SMILES string of the molecule is NC(=O)CCC(N)C(=O)NC(CC(N)=O)C(=O)NC(CO)C(=O)N1CCCC1C(=O)O. The maximum absolute atomic E-state index is 12.6. The Morgan fingerprint density at radius 2 is 1.61 bits per heavy atom. The molecule has 14 nitrogen and oxygen atoms in total. The second kappa shape index (κ2) is 11.8. The molecule has 1 heterocycles. The van der Waals surface area contributed by atoms with E-state index >= 15 is 0 Å². The third-order valence-electron chi connectivity index (χ3n) is 4.69. The number of rotatable bonds is 12. The number of primary amides is 2. The lowest BCUT2D eigenvalue weighted by molar-refractivity contribution is -0.150. The summed E-state index contributed by atoms with van der Waals surface area (Å²) < 4.78 is 0. The number of carboxylic acids is 1. The van der Waals surface area contributed by atoms with E-state index in [1.165, 1.54) is 0 Å². The van der Waals surface area contributed by atoms with Gasteiger partial charge in [0.25, 0.3) is 0 Å². The van der Waals surface area contributed by atoms with Gasteiger partial charge in [0.05, 0.1) is 19.1 Å². The minimum Gasteiger partial charge on any atom is -0.480 e. The number of hydrogen-bond donors (Lipinski definition) is 7. The lowest BCUT2D eigenvalue weighted by Crippen LogP contribution is -2.58. The summed E-state index contributed by atoms with van der Waals surface area (Å²) >= 11 is 0. The highest BCUT2D eigenvalue weighted by atomic mass is 16.4. The zero-order valence-corrected chi connectivity index (χ0v) is 16.8. The van der Waals surface area contributed by atoms with Crippen molar-refractivity contribution < 1.29 is 39.0 Å². The van der Waals surface area contributed by atoms with Crippen molar-refractivity contribution in [2.75, 3.05) is 13.2 Å². The van der Waals surface area contributed by atoms with Crippen molar-refractivity contribution >= 4 is 35.5 Å². The maximum Gasteiger partial charge on any atom is 0.326 e. The third-order valence-corrected chi connectivity index (χ3v) is 4.69. The smallest absolute Gasteiger partial charge is 0.326 e. The third kappa shape index (κ3) is 7.82. The van der Waals surface area contributed by atoms with Gasteiger partial charge in [0.2, 0.25) is 29.5 Å². The van der Waals surface area contributed by atoms with Gasteiger partial charge in [-0.1, -0.05) is 0 Å². The highest BCUT2D eigenvalue weighted by Gasteiger charge is 2.38. The normalized spacial score (nSPS) is 18.5. The topological polar surface area (TPSA) is 248 Å². The average molecular weight is 444 g/mol. The van der Waals surface area contributed by atoms with Crippen molar-refractivity contribution in [3.8, 4) is 0 Å². The van der Waals surface area contributed by atoms with Crippen LogP contribution in [0.3, 0.4) is 0 Å². The fraction of sp³-hybridized carbons (Fsp3) is 0.647. The molecule has 0 radical (unpaired) electrons. The molecule has 4 unspecified atom stereocenters. The quantitative estimate of drug-likeness (QED) is 0.153. The van der Waals surface area contributed by atoms with Gasteiger partial charge >= 0.3 is 5.97 Å². The number of nitrogens with one attached hydrogen (secondary N) is 2. The van der Waals surface area contributed by atoms with Crippen LogP contribution in [0.25, 0.3) is 0 Å². The lowest BCUT2D eigenvalue weighted by Gasteiger charge is -2.27. The first-order valence-electron chi connectivity index (χ1n) is 9.55. The van der Waals surface area contributed by atoms with E-state index in [0.29, 0.717) is 6.42 Å². The zero-order valence-electron chi connectivity index (χ0n) is 16.8. The van der Waals surface area contributed by atoms with Gasteiger partial charge < -0.3 is 42.9 Å². The van der Waals surface area contributed by atoms with Crippen molar-refractivity contribution in [1.29, 1.82) is 0 Å². The van der Waals surface area contributed by atoms with E-state index in [1.54, 1.807) is 0 Å². The molecule has 174 valence electrons. The molecule has 0 aromatic carbocycles. The van der Waals surface area contributed by atoms with Crippen LogP contribution in [0.1, 0.15) is 32.1 Å². The number of aliphatic hydroxyl groups is 1. The minimum absolute atomic E-state index is 0.102. The molecule has 1 saturated heterocycles. The van der Waals surface area contributed by atoms with Gasteiger partial charge in [0.15, 0.2) is 0 Å². The Kier molecular flexibility index (Phi) is 9.82. The van der Waals surface area contributed by atoms with E-state index in [1.807, 2.05) is 0 Å². The van der Waals surface area contributed by atoms with Crippen LogP contribution in [0, 0.1) is 0 Å². The molecule has 5 amide bonds. The van der Waals surface area contributed by atoms with Crippen LogP contribution in [0.5, 0.6) is 0 Å². The molecule has 1 aliphatic heterocycles. The van der Waals surface area contributed by atoms with Gasteiger partial charge in [-0.3, -0.25) is 24.0 Å². The van der Waals surface area contributed by atoms with Gasteiger partial charge in [-0.05, 0) is 19.3 Å². The second-order valence-corrected chi connectivity index (χ2v) is 7.11. The molecule has 1 fully saturated rings. The largest absolute Gasteiger partial charge is 0.480 e. The number of likely N-dealkylation sites (tertiary alicyclic amines) is 1. The number of aliphatic hydroxyl groups excluding tert-OH is 1. The van der Waals surface area contributed by atoms with Gasteiger partial charge in [0, 0.05) is 13.0 Å². The molecule has 0 saturated carbocycles. The Morgan fingerprint density at radius 1 is 1.00 bits per heavy atom. The standard InChI is InChI=1S/C17H28N6O8/c18-8(3-4-12(19)25)14(27)21-9(6-13(20)26)15(28)22-10(7-24)16(29)23-5-1-2-11(23)17(30)31/h8-11,24H,1-7,18H2,(H2,19,25)(H2,20,26)(H,21,27)(H,22,28)(H,30,31). The molecule has 1 aliphatic rings. The molecule has 14 heteroatoms. The molecular formula is C17H28N6O8. The summed E-state index contributed by atoms with van der Waals surface area (Å²) in [5, 5.41) is 23.1. The van der Waals surface area contributed by atoms with Crippen molar-refractivity contribution in [2.24, 2.45) is 17.2 Å². The molecule has 0 bridgehead atoms. The van der Waals surface area contributed by atoms with Gasteiger partial charge in [-0.2, -0.15) is 0 Å². The molecule has 0 aliphatic carbocycles. The number of carbonyl (C=O) groups is 6. The summed E-state index contributed by atoms with van der Waals surface area (Å²) in [4.78, 5) is 71.7. The number of carbonyl (C=O) groups excluding carboxylic acids is 5. The van der Waals surface area contributed by atoms with Crippen LogP contribution < -0.4 is 27.8 Å². The van der Waals surface area contributed by atoms with Crippen molar-refractivity contribution in [1.82, 2.24) is 15.5 Å². The molecule has 0 aromatic heterocycles. The second-order valence-electron chi connectivity index (χ2n) is 7.11. The summed E-state index contributed by atoms with van der Waals surface area (Å²) in [6, 6.07) is -5.29. The first kappa shape index (κ1) is 25.8. The number of nitrogens with two attached hydrogens (primary N) is 3. The summed E-state index contributed by atoms with van der Waals surface area (Å²) in [6.07, 6.45) is -0.235. The Labute approximate surface area is 177 Å². The summed E-state index contributed by atoms with van der Waals surface area (Å²) in [5.41, 5.74) is 15.7. The van der Waals surface area contributed by atoms with Crippen LogP contribution in [0.4, 0.5) is 0 Å². The molecule has 10 N–H and O–H groups in total. The van der Waals surface area contributed by atoms with Crippen molar-refractivity contribution in [2.45, 2.75) is 56.3 Å². The van der Waals surface area contributed by atoms with Crippen molar-refractivity contribution in [3.63, 3.8) is 0 Å². The molecule has 1 rings (SSSR count). The zero-order chi connectivity index (χ0) is 23.7. The van der Waals surface area contributed by atoms with Crippen LogP contribution >= 0.6 is 0 Å². The van der Waals surface area contributed by atoms with Crippen LogP contribution in [0.15, 0.2) is 0 Å². The van der Waals surface area contributed by atoms with E-state index < -0.39 is 72.7 Å². The number of hydrogen-bond acceptors (Lipinski definition) is 8. The Bertz CT molecular complexity index is 729. The summed E-state index contributed by atoms with van der Waals surface area (Å²) in [7, 11) is 0. The maximum atomic E-state index is 12.6. The Hall–Kier alpha value is -3.26. The number of aliphatic carboxylic acids is 1. The number of carboxylic acid groups (broad SMARTS) is 1. The van der Waals surface area contributed by atoms with Gasteiger partial charge in [0.1, 0.15) is 18.1 Å². The average Bonchev–Trinajstić information content (AvgIpc) is 3.18. The fourth-order valence-corrected chi connectivity index (χ4v) is 3.06. The van der Waals surface area contributed by atoms with E-state index in [0.717, 1.165) is 4.90 Å². The molecule has 0 spiro atoms. The molecule has 0 aromatic rings.